The van der Waals surface area contributed by atoms with E-state index in [4.69, 9.17) is 0 Å². The number of imidazole rings is 1. The van der Waals surface area contributed by atoms with Crippen LogP contribution in [0.25, 0.3) is 11.2 Å². The fourth-order valence-corrected chi connectivity index (χ4v) is 1.94. The minimum absolute atomic E-state index is 0.131. The zero-order chi connectivity index (χ0) is 13.3. The topological polar surface area (TPSA) is 41.6 Å². The average Bonchev–Trinajstić information content (AvgIpc) is 2.71. The van der Waals surface area contributed by atoms with Gasteiger partial charge in [-0.3, -0.25) is 0 Å². The predicted octanol–water partition coefficient (Wildman–Crippen LogP) is 3.88. The number of rotatable bonds is 3. The highest BCUT2D eigenvalue weighted by atomic mass is 19.4. The van der Waals surface area contributed by atoms with E-state index in [1.807, 2.05) is 13.8 Å². The van der Waals surface area contributed by atoms with Gasteiger partial charge in [-0.2, -0.15) is 13.2 Å². The third-order valence-corrected chi connectivity index (χ3v) is 3.03. The standard InChI is InChI=1S/C12H14F3N3/c1-3-7(4-2)10-16-8-5-6-9(12(13,14)15)17-11(8)18-10/h5-7H,3-4H2,1-2H3,(H,16,17,18). The molecule has 2 aromatic rings. The molecule has 2 rings (SSSR count). The molecule has 2 aromatic heterocycles. The first-order valence-electron chi connectivity index (χ1n) is 5.89. The van der Waals surface area contributed by atoms with E-state index in [1.165, 1.54) is 6.07 Å². The van der Waals surface area contributed by atoms with Crippen LogP contribution in [0.5, 0.6) is 0 Å². The normalized spacial score (nSPS) is 12.6. The van der Waals surface area contributed by atoms with E-state index in [2.05, 4.69) is 15.0 Å². The lowest BCUT2D eigenvalue weighted by molar-refractivity contribution is -0.141. The molecule has 0 radical (unpaired) electrons. The first-order valence-corrected chi connectivity index (χ1v) is 5.89. The van der Waals surface area contributed by atoms with E-state index in [-0.39, 0.29) is 11.6 Å². The van der Waals surface area contributed by atoms with E-state index in [0.717, 1.165) is 18.9 Å². The molecule has 2 heterocycles. The molecule has 18 heavy (non-hydrogen) atoms. The van der Waals surface area contributed by atoms with Gasteiger partial charge in [-0.1, -0.05) is 13.8 Å². The Kier molecular flexibility index (Phi) is 3.28. The molecule has 98 valence electrons. The number of aromatic amines is 1. The van der Waals surface area contributed by atoms with Gasteiger partial charge in [0.2, 0.25) is 0 Å². The number of nitrogens with one attached hydrogen (secondary N) is 1. The number of hydrogen-bond acceptors (Lipinski definition) is 2. The Hall–Kier alpha value is -1.59. The first-order chi connectivity index (χ1) is 8.45. The smallest absolute Gasteiger partial charge is 0.340 e. The summed E-state index contributed by atoms with van der Waals surface area (Å²) >= 11 is 0. The molecule has 1 N–H and O–H groups in total. The van der Waals surface area contributed by atoms with Crippen LogP contribution in [-0.4, -0.2) is 15.0 Å². The van der Waals surface area contributed by atoms with Gasteiger partial charge >= 0.3 is 6.18 Å². The van der Waals surface area contributed by atoms with E-state index in [1.54, 1.807) is 0 Å². The summed E-state index contributed by atoms with van der Waals surface area (Å²) in [7, 11) is 0. The van der Waals surface area contributed by atoms with Gasteiger partial charge in [0.05, 0.1) is 5.52 Å². The fourth-order valence-electron chi connectivity index (χ4n) is 1.94. The molecule has 0 aliphatic rings. The van der Waals surface area contributed by atoms with E-state index in [9.17, 15) is 13.2 Å². The number of nitrogens with zero attached hydrogens (tertiary/aromatic N) is 2. The van der Waals surface area contributed by atoms with Crippen LogP contribution in [0.3, 0.4) is 0 Å². The van der Waals surface area contributed by atoms with Gasteiger partial charge in [0.25, 0.3) is 0 Å². The van der Waals surface area contributed by atoms with Crippen LogP contribution in [0.4, 0.5) is 13.2 Å². The van der Waals surface area contributed by atoms with Crippen LogP contribution in [0.1, 0.15) is 44.1 Å². The maximum atomic E-state index is 12.5. The van der Waals surface area contributed by atoms with Crippen molar-refractivity contribution < 1.29 is 13.2 Å². The molecule has 0 aromatic carbocycles. The second-order valence-corrected chi connectivity index (χ2v) is 4.20. The number of H-pyrrole nitrogens is 1. The summed E-state index contributed by atoms with van der Waals surface area (Å²) in [6, 6.07) is 2.35. The molecule has 0 unspecified atom stereocenters. The summed E-state index contributed by atoms with van der Waals surface area (Å²) in [5.74, 6) is 0.940. The highest BCUT2D eigenvalue weighted by Gasteiger charge is 2.32. The van der Waals surface area contributed by atoms with E-state index >= 15 is 0 Å². The van der Waals surface area contributed by atoms with Gasteiger partial charge in [-0.25, -0.2) is 9.97 Å². The summed E-state index contributed by atoms with van der Waals surface area (Å²) in [5, 5.41) is 0. The van der Waals surface area contributed by atoms with Crippen molar-refractivity contribution >= 4 is 11.2 Å². The largest absolute Gasteiger partial charge is 0.433 e. The lowest BCUT2D eigenvalue weighted by atomic mass is 10.0. The maximum Gasteiger partial charge on any atom is 0.433 e. The number of hydrogen-bond donors (Lipinski definition) is 1. The van der Waals surface area contributed by atoms with Crippen molar-refractivity contribution in [3.63, 3.8) is 0 Å². The van der Waals surface area contributed by atoms with Gasteiger partial charge in [0.1, 0.15) is 11.5 Å². The number of fused-ring (bicyclic) bond motifs is 1. The fraction of sp³-hybridized carbons (Fsp3) is 0.500. The summed E-state index contributed by atoms with van der Waals surface area (Å²) in [5.41, 5.74) is -0.228. The Bertz CT molecular complexity index is 541. The second kappa shape index (κ2) is 4.59. The summed E-state index contributed by atoms with van der Waals surface area (Å²) < 4.78 is 37.5. The highest BCUT2D eigenvalue weighted by Crippen LogP contribution is 2.29. The molecule has 0 aliphatic carbocycles. The minimum atomic E-state index is -4.43. The Morgan fingerprint density at radius 2 is 1.83 bits per heavy atom. The van der Waals surface area contributed by atoms with Crippen molar-refractivity contribution in [2.45, 2.75) is 38.8 Å². The number of pyridine rings is 1. The van der Waals surface area contributed by atoms with Crippen molar-refractivity contribution in [3.8, 4) is 0 Å². The van der Waals surface area contributed by atoms with Gasteiger partial charge in [0.15, 0.2) is 5.65 Å². The third kappa shape index (κ3) is 2.32. The van der Waals surface area contributed by atoms with E-state index in [0.29, 0.717) is 11.3 Å². The lowest BCUT2D eigenvalue weighted by Gasteiger charge is -2.06. The summed E-state index contributed by atoms with van der Waals surface area (Å²) in [4.78, 5) is 10.7. The maximum absolute atomic E-state index is 12.5. The molecule has 0 amide bonds. The molecule has 0 fully saturated rings. The SMILES string of the molecule is CCC(CC)c1nc2nc(C(F)(F)F)ccc2[nH]1. The molecular weight excluding hydrogens is 243 g/mol. The highest BCUT2D eigenvalue weighted by molar-refractivity contribution is 5.70. The molecular formula is C12H14F3N3. The molecule has 3 nitrogen and oxygen atoms in total. The Balaban J connectivity index is 2.46. The Morgan fingerprint density at radius 1 is 1.17 bits per heavy atom. The van der Waals surface area contributed by atoms with Crippen molar-refractivity contribution in [1.82, 2.24) is 15.0 Å². The Morgan fingerprint density at radius 3 is 2.39 bits per heavy atom. The van der Waals surface area contributed by atoms with Crippen LogP contribution >= 0.6 is 0 Å². The molecule has 0 spiro atoms. The van der Waals surface area contributed by atoms with Gasteiger partial charge in [-0.15, -0.1) is 0 Å². The third-order valence-electron chi connectivity index (χ3n) is 3.03. The van der Waals surface area contributed by atoms with Crippen LogP contribution < -0.4 is 0 Å². The number of halogens is 3. The zero-order valence-electron chi connectivity index (χ0n) is 10.2. The molecule has 0 saturated carbocycles. The van der Waals surface area contributed by atoms with Crippen LogP contribution in [0.15, 0.2) is 12.1 Å². The number of alkyl halides is 3. The molecule has 0 bridgehead atoms. The summed E-state index contributed by atoms with van der Waals surface area (Å²) in [6.07, 6.45) is -2.65. The predicted molar refractivity (Wildman–Crippen MR) is 62.2 cm³/mol. The molecule has 0 aliphatic heterocycles. The number of aromatic nitrogens is 3. The van der Waals surface area contributed by atoms with E-state index < -0.39 is 11.9 Å². The van der Waals surface area contributed by atoms with Crippen molar-refractivity contribution in [1.29, 1.82) is 0 Å². The van der Waals surface area contributed by atoms with Gasteiger partial charge < -0.3 is 4.98 Å². The quantitative estimate of drug-likeness (QED) is 0.906. The van der Waals surface area contributed by atoms with Crippen LogP contribution in [0, 0.1) is 0 Å². The molecule has 6 heteroatoms. The molecule has 0 saturated heterocycles. The minimum Gasteiger partial charge on any atom is -0.340 e. The second-order valence-electron chi connectivity index (χ2n) is 4.20. The average molecular weight is 257 g/mol. The monoisotopic (exact) mass is 257 g/mol. The lowest BCUT2D eigenvalue weighted by Crippen LogP contribution is -2.07. The van der Waals surface area contributed by atoms with Crippen molar-refractivity contribution in [2.24, 2.45) is 0 Å². The zero-order valence-corrected chi connectivity index (χ0v) is 10.2. The van der Waals surface area contributed by atoms with Crippen molar-refractivity contribution in [3.05, 3.63) is 23.7 Å². The van der Waals surface area contributed by atoms with Crippen LogP contribution in [-0.2, 0) is 6.18 Å². The molecule has 0 atom stereocenters. The van der Waals surface area contributed by atoms with Crippen LogP contribution in [0.2, 0.25) is 0 Å². The van der Waals surface area contributed by atoms with Gasteiger partial charge in [-0.05, 0) is 25.0 Å². The Labute approximate surface area is 102 Å². The first kappa shape index (κ1) is 12.9. The van der Waals surface area contributed by atoms with Crippen molar-refractivity contribution in [2.75, 3.05) is 0 Å². The summed E-state index contributed by atoms with van der Waals surface area (Å²) in [6.45, 7) is 4.05. The van der Waals surface area contributed by atoms with Gasteiger partial charge in [0, 0.05) is 5.92 Å².